The van der Waals surface area contributed by atoms with Crippen LogP contribution in [0.15, 0.2) is 17.4 Å². The Morgan fingerprint density at radius 3 is 3.13 bits per heavy atom. The van der Waals surface area contributed by atoms with Crippen LogP contribution in [0.25, 0.3) is 0 Å². The fraction of sp³-hybridized carbons (Fsp3) is 0.600. The number of nitrogens with zero attached hydrogens (tertiary/aromatic N) is 3. The average Bonchev–Trinajstić information content (AvgIpc) is 2.83. The molecule has 1 aromatic rings. The third-order valence-electron chi connectivity index (χ3n) is 2.37. The van der Waals surface area contributed by atoms with Gasteiger partial charge in [-0.25, -0.2) is 0 Å². The lowest BCUT2D eigenvalue weighted by molar-refractivity contribution is 0.766. The molecule has 0 aromatic carbocycles. The maximum absolute atomic E-state index is 4.45. The van der Waals surface area contributed by atoms with E-state index in [4.69, 9.17) is 0 Å². The Bertz CT molecular complexity index is 358. The Morgan fingerprint density at radius 1 is 1.67 bits per heavy atom. The molecular weight excluding hydrogens is 208 g/mol. The molecule has 1 atom stereocenters. The van der Waals surface area contributed by atoms with E-state index in [-0.39, 0.29) is 0 Å². The fourth-order valence-electron chi connectivity index (χ4n) is 1.47. The largest absolute Gasteiger partial charge is 0.361 e. The molecule has 1 aliphatic rings. The van der Waals surface area contributed by atoms with Gasteiger partial charge in [0.25, 0.3) is 0 Å². The summed E-state index contributed by atoms with van der Waals surface area (Å²) in [4.78, 5) is 4.45. The van der Waals surface area contributed by atoms with Gasteiger partial charge in [0.2, 0.25) is 0 Å². The molecule has 0 bridgehead atoms. The van der Waals surface area contributed by atoms with Crippen molar-refractivity contribution in [2.24, 2.45) is 12.0 Å². The van der Waals surface area contributed by atoms with Crippen molar-refractivity contribution in [2.45, 2.75) is 25.1 Å². The molecule has 1 aromatic heterocycles. The Labute approximate surface area is 94.2 Å². The third-order valence-corrected chi connectivity index (χ3v) is 3.69. The van der Waals surface area contributed by atoms with Crippen LogP contribution in [0.5, 0.6) is 0 Å². The number of aromatic nitrogens is 2. The Balaban J connectivity index is 1.80. The molecule has 0 aliphatic carbocycles. The minimum absolute atomic E-state index is 0.668. The van der Waals surface area contributed by atoms with Crippen LogP contribution in [0.3, 0.4) is 0 Å². The van der Waals surface area contributed by atoms with E-state index in [1.165, 1.54) is 12.0 Å². The highest BCUT2D eigenvalue weighted by Gasteiger charge is 2.17. The molecule has 1 unspecified atom stereocenters. The lowest BCUT2D eigenvalue weighted by atomic mass is 10.3. The monoisotopic (exact) mass is 224 g/mol. The van der Waals surface area contributed by atoms with Gasteiger partial charge in [0, 0.05) is 30.6 Å². The van der Waals surface area contributed by atoms with E-state index in [1.807, 2.05) is 35.9 Å². The van der Waals surface area contributed by atoms with E-state index in [1.54, 1.807) is 0 Å². The molecule has 82 valence electrons. The predicted octanol–water partition coefficient (Wildman–Crippen LogP) is 1.39. The summed E-state index contributed by atoms with van der Waals surface area (Å²) in [6.07, 6.45) is 5.08. The van der Waals surface area contributed by atoms with Crippen LogP contribution in [0, 0.1) is 0 Å². The molecule has 0 saturated heterocycles. The summed E-state index contributed by atoms with van der Waals surface area (Å²) in [5.74, 6) is 0. The summed E-state index contributed by atoms with van der Waals surface area (Å²) in [6.45, 7) is 3.98. The number of rotatable bonds is 3. The number of hydrogen-bond donors (Lipinski definition) is 1. The zero-order chi connectivity index (χ0) is 10.7. The summed E-state index contributed by atoms with van der Waals surface area (Å²) in [5.41, 5.74) is 1.20. The first-order chi connectivity index (χ1) is 7.28. The van der Waals surface area contributed by atoms with Gasteiger partial charge >= 0.3 is 0 Å². The van der Waals surface area contributed by atoms with Crippen LogP contribution < -0.4 is 5.32 Å². The molecule has 0 radical (unpaired) electrons. The van der Waals surface area contributed by atoms with Gasteiger partial charge in [-0.3, -0.25) is 9.67 Å². The van der Waals surface area contributed by atoms with Crippen molar-refractivity contribution in [3.8, 4) is 0 Å². The van der Waals surface area contributed by atoms with Crippen LogP contribution in [-0.4, -0.2) is 26.7 Å². The van der Waals surface area contributed by atoms with Gasteiger partial charge in [-0.2, -0.15) is 5.10 Å². The molecule has 5 heteroatoms. The van der Waals surface area contributed by atoms with Crippen LogP contribution in [-0.2, 0) is 13.6 Å². The molecular formula is C10H16N4S. The molecule has 0 amide bonds. The van der Waals surface area contributed by atoms with Crippen LogP contribution in [0.4, 0.5) is 0 Å². The maximum atomic E-state index is 4.45. The molecule has 1 N–H and O–H groups in total. The maximum Gasteiger partial charge on any atom is 0.157 e. The highest BCUT2D eigenvalue weighted by molar-refractivity contribution is 8.14. The van der Waals surface area contributed by atoms with Crippen LogP contribution >= 0.6 is 11.8 Å². The van der Waals surface area contributed by atoms with Crippen molar-refractivity contribution in [2.75, 3.05) is 6.54 Å². The summed E-state index contributed by atoms with van der Waals surface area (Å²) in [7, 11) is 1.93. The van der Waals surface area contributed by atoms with Crippen molar-refractivity contribution < 1.29 is 0 Å². The topological polar surface area (TPSA) is 42.2 Å². The van der Waals surface area contributed by atoms with E-state index in [9.17, 15) is 0 Å². The van der Waals surface area contributed by atoms with Gasteiger partial charge in [0.15, 0.2) is 5.17 Å². The van der Waals surface area contributed by atoms with Crippen molar-refractivity contribution >= 4 is 16.9 Å². The summed E-state index contributed by atoms with van der Waals surface area (Å²) in [6, 6.07) is 0. The summed E-state index contributed by atoms with van der Waals surface area (Å²) in [5, 5.41) is 9.20. The Hall–Kier alpha value is -0.970. The number of amidine groups is 1. The molecule has 2 heterocycles. The van der Waals surface area contributed by atoms with Gasteiger partial charge < -0.3 is 5.32 Å². The number of hydrogen-bond acceptors (Lipinski definition) is 4. The van der Waals surface area contributed by atoms with Gasteiger partial charge in [-0.05, 0) is 6.42 Å². The lowest BCUT2D eigenvalue weighted by Gasteiger charge is -2.05. The zero-order valence-corrected chi connectivity index (χ0v) is 9.92. The SMILES string of the molecule is CCC1CN=C(NCc2cnn(C)c2)S1. The Morgan fingerprint density at radius 2 is 2.53 bits per heavy atom. The molecule has 15 heavy (non-hydrogen) atoms. The van der Waals surface area contributed by atoms with Gasteiger partial charge in [0.05, 0.1) is 12.7 Å². The first-order valence-corrected chi connectivity index (χ1v) is 6.08. The highest BCUT2D eigenvalue weighted by atomic mass is 32.2. The van der Waals surface area contributed by atoms with E-state index in [2.05, 4.69) is 22.3 Å². The zero-order valence-electron chi connectivity index (χ0n) is 9.10. The minimum atomic E-state index is 0.668. The number of nitrogens with one attached hydrogen (secondary N) is 1. The molecule has 1 aliphatic heterocycles. The number of thioether (sulfide) groups is 1. The number of aliphatic imine (C=N–C) groups is 1. The van der Waals surface area contributed by atoms with E-state index >= 15 is 0 Å². The quantitative estimate of drug-likeness (QED) is 0.843. The number of aryl methyl sites for hydroxylation is 1. The molecule has 0 saturated carbocycles. The smallest absolute Gasteiger partial charge is 0.157 e. The first kappa shape index (κ1) is 10.5. The van der Waals surface area contributed by atoms with Crippen molar-refractivity contribution in [3.05, 3.63) is 18.0 Å². The highest BCUT2D eigenvalue weighted by Crippen LogP contribution is 2.22. The molecule has 2 rings (SSSR count). The summed E-state index contributed by atoms with van der Waals surface area (Å²) < 4.78 is 1.81. The lowest BCUT2D eigenvalue weighted by Crippen LogP contribution is -2.18. The van der Waals surface area contributed by atoms with Gasteiger partial charge in [-0.15, -0.1) is 0 Å². The standard InChI is InChI=1S/C10H16N4S/c1-3-9-6-12-10(15-9)11-4-8-5-13-14(2)7-8/h5,7,9H,3-4,6H2,1-2H3,(H,11,12). The Kier molecular flexibility index (Phi) is 3.30. The van der Waals surface area contributed by atoms with Crippen molar-refractivity contribution in [1.82, 2.24) is 15.1 Å². The van der Waals surface area contributed by atoms with Gasteiger partial charge in [0.1, 0.15) is 0 Å². The minimum Gasteiger partial charge on any atom is -0.361 e. The first-order valence-electron chi connectivity index (χ1n) is 5.20. The van der Waals surface area contributed by atoms with Crippen molar-refractivity contribution in [1.29, 1.82) is 0 Å². The van der Waals surface area contributed by atoms with E-state index < -0.39 is 0 Å². The normalized spacial score (nSPS) is 20.4. The average molecular weight is 224 g/mol. The van der Waals surface area contributed by atoms with Gasteiger partial charge in [-0.1, -0.05) is 18.7 Å². The van der Waals surface area contributed by atoms with Crippen LogP contribution in [0.1, 0.15) is 18.9 Å². The van der Waals surface area contributed by atoms with Crippen molar-refractivity contribution in [3.63, 3.8) is 0 Å². The van der Waals surface area contributed by atoms with Crippen LogP contribution in [0.2, 0.25) is 0 Å². The second kappa shape index (κ2) is 4.70. The van der Waals surface area contributed by atoms with E-state index in [0.29, 0.717) is 5.25 Å². The van der Waals surface area contributed by atoms with E-state index in [0.717, 1.165) is 18.3 Å². The predicted molar refractivity (Wildman–Crippen MR) is 64.0 cm³/mol. The summed E-state index contributed by atoms with van der Waals surface area (Å²) >= 11 is 1.85. The second-order valence-corrected chi connectivity index (χ2v) is 4.96. The molecule has 0 fully saturated rings. The second-order valence-electron chi connectivity index (χ2n) is 3.67. The molecule has 0 spiro atoms. The molecule has 4 nitrogen and oxygen atoms in total. The fourth-order valence-corrected chi connectivity index (χ4v) is 2.40. The third kappa shape index (κ3) is 2.75.